The minimum atomic E-state index is 0.614. The summed E-state index contributed by atoms with van der Waals surface area (Å²) in [5.41, 5.74) is 16.1. The van der Waals surface area contributed by atoms with Gasteiger partial charge in [0.25, 0.3) is 0 Å². The van der Waals surface area contributed by atoms with E-state index in [4.69, 9.17) is 19.9 Å². The number of benzene rings is 8. The lowest BCUT2D eigenvalue weighted by Gasteiger charge is -2.18. The lowest BCUT2D eigenvalue weighted by atomic mass is 9.86. The fraction of sp³-hybridized carbons (Fsp3) is 0. The fourth-order valence-electron chi connectivity index (χ4n) is 7.89. The molecule has 2 aromatic heterocycles. The molecule has 0 radical (unpaired) electrons. The summed E-state index contributed by atoms with van der Waals surface area (Å²) in [5.74, 6) is 1.33. The van der Waals surface area contributed by atoms with Crippen LogP contribution in [0.5, 0.6) is 0 Å². The summed E-state index contributed by atoms with van der Waals surface area (Å²) in [6.45, 7) is 0. The molecule has 0 spiro atoms. The average molecular weight is 792 g/mol. The van der Waals surface area contributed by atoms with Crippen LogP contribution in [0.1, 0.15) is 5.56 Å². The Bertz CT molecular complexity index is 3100. The molecule has 0 saturated carbocycles. The molecule has 0 amide bonds. The first-order chi connectivity index (χ1) is 30.7. The Morgan fingerprint density at radius 2 is 0.629 bits per heavy atom. The maximum atomic E-state index is 9.66. The molecule has 0 aliphatic heterocycles. The quantitative estimate of drug-likeness (QED) is 0.145. The van der Waals surface area contributed by atoms with Gasteiger partial charge in [0.1, 0.15) is 0 Å². The molecule has 2 heterocycles. The van der Waals surface area contributed by atoms with Crippen LogP contribution in [0.2, 0.25) is 0 Å². The Morgan fingerprint density at radius 1 is 0.274 bits per heavy atom. The van der Waals surface area contributed by atoms with Crippen molar-refractivity contribution in [2.24, 2.45) is 0 Å². The van der Waals surface area contributed by atoms with Gasteiger partial charge in [-0.3, -0.25) is 0 Å². The number of rotatable bonds is 9. The molecule has 0 atom stereocenters. The fourth-order valence-corrected chi connectivity index (χ4v) is 7.89. The van der Waals surface area contributed by atoms with Gasteiger partial charge in [0.05, 0.1) is 34.4 Å². The lowest BCUT2D eigenvalue weighted by molar-refractivity contribution is 1.18. The normalized spacial score (nSPS) is 10.9. The molecule has 0 bridgehead atoms. The molecule has 0 fully saturated rings. The molecule has 290 valence electrons. The van der Waals surface area contributed by atoms with Crippen molar-refractivity contribution in [3.05, 3.63) is 230 Å². The summed E-state index contributed by atoms with van der Waals surface area (Å²) in [7, 11) is 0. The Hall–Kier alpha value is -8.59. The van der Waals surface area contributed by atoms with Crippen molar-refractivity contribution in [1.29, 1.82) is 5.26 Å². The first kappa shape index (κ1) is 37.7. The van der Waals surface area contributed by atoms with Crippen molar-refractivity contribution in [1.82, 2.24) is 19.9 Å². The summed E-state index contributed by atoms with van der Waals surface area (Å²) in [4.78, 5) is 20.4. The Kier molecular flexibility index (Phi) is 10.3. The van der Waals surface area contributed by atoms with Crippen molar-refractivity contribution in [2.45, 2.75) is 0 Å². The number of nitrogens with zero attached hydrogens (tertiary/aromatic N) is 5. The van der Waals surface area contributed by atoms with Crippen molar-refractivity contribution in [3.8, 4) is 107 Å². The van der Waals surface area contributed by atoms with Gasteiger partial charge in [0.2, 0.25) is 0 Å². The van der Waals surface area contributed by atoms with E-state index in [9.17, 15) is 5.26 Å². The van der Waals surface area contributed by atoms with Crippen LogP contribution < -0.4 is 0 Å². The summed E-state index contributed by atoms with van der Waals surface area (Å²) in [6.07, 6.45) is 0. The smallest absolute Gasteiger partial charge is 0.160 e. The van der Waals surface area contributed by atoms with Crippen molar-refractivity contribution in [3.63, 3.8) is 0 Å². The molecular formula is C57H37N5. The molecule has 0 aliphatic carbocycles. The van der Waals surface area contributed by atoms with E-state index in [1.165, 1.54) is 0 Å². The van der Waals surface area contributed by atoms with Crippen molar-refractivity contribution in [2.75, 3.05) is 0 Å². The zero-order valence-electron chi connectivity index (χ0n) is 33.6. The second-order valence-corrected chi connectivity index (χ2v) is 15.0. The maximum Gasteiger partial charge on any atom is 0.160 e. The van der Waals surface area contributed by atoms with Crippen LogP contribution in [0.15, 0.2) is 224 Å². The summed E-state index contributed by atoms with van der Waals surface area (Å²) in [6, 6.07) is 78.7. The zero-order chi connectivity index (χ0) is 41.7. The van der Waals surface area contributed by atoms with Gasteiger partial charge in [-0.25, -0.2) is 19.9 Å². The van der Waals surface area contributed by atoms with Gasteiger partial charge >= 0.3 is 0 Å². The summed E-state index contributed by atoms with van der Waals surface area (Å²) < 4.78 is 0. The molecule has 0 N–H and O–H groups in total. The van der Waals surface area contributed by atoms with Gasteiger partial charge < -0.3 is 0 Å². The zero-order valence-corrected chi connectivity index (χ0v) is 33.6. The number of hydrogen-bond acceptors (Lipinski definition) is 5. The van der Waals surface area contributed by atoms with Crippen LogP contribution in [0, 0.1) is 11.3 Å². The second kappa shape index (κ2) is 16.9. The van der Waals surface area contributed by atoms with Gasteiger partial charge in [-0.15, -0.1) is 0 Å². The largest absolute Gasteiger partial charge is 0.228 e. The first-order valence-corrected chi connectivity index (χ1v) is 20.5. The van der Waals surface area contributed by atoms with Gasteiger partial charge in [-0.05, 0) is 69.8 Å². The van der Waals surface area contributed by atoms with E-state index in [0.29, 0.717) is 17.2 Å². The number of nitriles is 1. The Morgan fingerprint density at radius 3 is 1.10 bits per heavy atom. The van der Waals surface area contributed by atoms with Crippen molar-refractivity contribution >= 4 is 0 Å². The van der Waals surface area contributed by atoms with Crippen LogP contribution in [0.4, 0.5) is 0 Å². The molecule has 0 unspecified atom stereocenters. The van der Waals surface area contributed by atoms with E-state index in [-0.39, 0.29) is 0 Å². The average Bonchev–Trinajstić information content (AvgIpc) is 3.37. The first-order valence-electron chi connectivity index (χ1n) is 20.5. The van der Waals surface area contributed by atoms with Crippen LogP contribution in [0.25, 0.3) is 101 Å². The third kappa shape index (κ3) is 7.80. The molecule has 62 heavy (non-hydrogen) atoms. The minimum Gasteiger partial charge on any atom is -0.228 e. The predicted molar refractivity (Wildman–Crippen MR) is 251 cm³/mol. The molecule has 0 aliphatic rings. The Labute approximate surface area is 361 Å². The highest BCUT2D eigenvalue weighted by atomic mass is 14.9. The molecule has 10 aromatic rings. The highest BCUT2D eigenvalue weighted by molar-refractivity contribution is 5.96. The summed E-state index contributed by atoms with van der Waals surface area (Å²) >= 11 is 0. The molecule has 0 saturated heterocycles. The van der Waals surface area contributed by atoms with E-state index in [0.717, 1.165) is 89.5 Å². The molecule has 5 heteroatoms. The van der Waals surface area contributed by atoms with Gasteiger partial charge in [0, 0.05) is 33.4 Å². The van der Waals surface area contributed by atoms with Crippen LogP contribution in [-0.4, -0.2) is 19.9 Å². The highest BCUT2D eigenvalue weighted by Crippen LogP contribution is 2.42. The van der Waals surface area contributed by atoms with Crippen molar-refractivity contribution < 1.29 is 0 Å². The van der Waals surface area contributed by atoms with Crippen LogP contribution in [0.3, 0.4) is 0 Å². The predicted octanol–water partition coefficient (Wildman–Crippen LogP) is 14.1. The van der Waals surface area contributed by atoms with E-state index in [1.807, 2.05) is 121 Å². The van der Waals surface area contributed by atoms with E-state index >= 15 is 0 Å². The summed E-state index contributed by atoms with van der Waals surface area (Å²) in [5, 5.41) is 9.66. The molecule has 5 nitrogen and oxygen atoms in total. The highest BCUT2D eigenvalue weighted by Gasteiger charge is 2.18. The molecule has 8 aromatic carbocycles. The van der Waals surface area contributed by atoms with Gasteiger partial charge in [0.15, 0.2) is 11.6 Å². The van der Waals surface area contributed by atoms with E-state index < -0.39 is 0 Å². The Balaban J connectivity index is 1.14. The van der Waals surface area contributed by atoms with Gasteiger partial charge in [-0.1, -0.05) is 188 Å². The standard InChI is InChI=1S/C57H37N5/c58-38-39-30-32-40(33-31-39)49-28-15-29-50(45-24-13-25-46(34-45)53-36-51(41-16-5-1-6-17-41)59-56(61-53)43-20-9-3-10-21-43)55(49)48-27-14-26-47(35-48)54-37-52(42-18-7-2-8-19-42)60-57(62-54)44-22-11-4-12-23-44/h1-37H. The van der Waals surface area contributed by atoms with E-state index in [2.05, 4.69) is 109 Å². The van der Waals surface area contributed by atoms with Crippen LogP contribution >= 0.6 is 0 Å². The monoisotopic (exact) mass is 791 g/mol. The molecular weight excluding hydrogens is 755 g/mol. The van der Waals surface area contributed by atoms with Crippen LogP contribution in [-0.2, 0) is 0 Å². The second-order valence-electron chi connectivity index (χ2n) is 15.0. The third-order valence-corrected chi connectivity index (χ3v) is 11.0. The van der Waals surface area contributed by atoms with Gasteiger partial charge in [-0.2, -0.15) is 5.26 Å². The SMILES string of the molecule is N#Cc1ccc(-c2cccc(-c3cccc(-c4cc(-c5ccccc5)nc(-c5ccccc5)n4)c3)c2-c2cccc(-c3cc(-c4ccccc4)nc(-c4ccccc4)n3)c2)cc1. The third-order valence-electron chi connectivity index (χ3n) is 11.0. The maximum absolute atomic E-state index is 9.66. The topological polar surface area (TPSA) is 75.3 Å². The lowest BCUT2D eigenvalue weighted by Crippen LogP contribution is -1.97. The number of aromatic nitrogens is 4. The minimum absolute atomic E-state index is 0.614. The van der Waals surface area contributed by atoms with E-state index in [1.54, 1.807) is 0 Å². The molecule has 10 rings (SSSR count). The number of hydrogen-bond donors (Lipinski definition) is 0.